The van der Waals surface area contributed by atoms with Crippen LogP contribution in [0.4, 0.5) is 4.39 Å². The van der Waals surface area contributed by atoms with E-state index in [1.807, 2.05) is 31.2 Å². The molecule has 1 N–H and O–H groups in total. The molecule has 0 radical (unpaired) electrons. The van der Waals surface area contributed by atoms with Gasteiger partial charge in [-0.05, 0) is 49.6 Å². The van der Waals surface area contributed by atoms with Crippen LogP contribution in [0.2, 0.25) is 5.02 Å². The van der Waals surface area contributed by atoms with Crippen molar-refractivity contribution in [3.05, 3.63) is 64.4 Å². The highest BCUT2D eigenvalue weighted by Gasteiger charge is 2.25. The Morgan fingerprint density at radius 2 is 1.86 bits per heavy atom. The Labute approximate surface area is 174 Å². The van der Waals surface area contributed by atoms with Crippen molar-refractivity contribution in [1.82, 2.24) is 10.2 Å². The molecule has 1 saturated heterocycles. The first kappa shape index (κ1) is 21.1. The van der Waals surface area contributed by atoms with Gasteiger partial charge in [0.2, 0.25) is 5.91 Å². The lowest BCUT2D eigenvalue weighted by Crippen LogP contribution is -2.47. The number of hydrogen-bond acceptors (Lipinski definition) is 3. The Morgan fingerprint density at radius 1 is 1.17 bits per heavy atom. The number of ether oxygens (including phenoxy) is 1. The van der Waals surface area contributed by atoms with E-state index in [0.29, 0.717) is 39.0 Å². The van der Waals surface area contributed by atoms with Crippen LogP contribution in [0.5, 0.6) is 5.75 Å². The highest BCUT2D eigenvalue weighted by molar-refractivity contribution is 6.33. The molecule has 0 unspecified atom stereocenters. The molecule has 0 aromatic heterocycles. The maximum Gasteiger partial charge on any atom is 0.255 e. The molecule has 2 amide bonds. The van der Waals surface area contributed by atoms with Gasteiger partial charge in [-0.3, -0.25) is 9.59 Å². The maximum absolute atomic E-state index is 13.9. The minimum atomic E-state index is -0.641. The summed E-state index contributed by atoms with van der Waals surface area (Å²) in [7, 11) is 0. The molecule has 2 aromatic carbocycles. The van der Waals surface area contributed by atoms with E-state index >= 15 is 0 Å². The van der Waals surface area contributed by atoms with E-state index < -0.39 is 11.7 Å². The lowest BCUT2D eigenvalue weighted by molar-refractivity contribution is -0.131. The first-order valence-electron chi connectivity index (χ1n) is 9.72. The van der Waals surface area contributed by atoms with Gasteiger partial charge in [0.15, 0.2) is 0 Å². The van der Waals surface area contributed by atoms with E-state index in [1.165, 1.54) is 18.2 Å². The Morgan fingerprint density at radius 3 is 2.48 bits per heavy atom. The highest BCUT2D eigenvalue weighted by atomic mass is 35.5. The van der Waals surface area contributed by atoms with Gasteiger partial charge in [0.25, 0.3) is 5.91 Å². The number of carbonyl (C=O) groups excluding carboxylic acids is 2. The van der Waals surface area contributed by atoms with Crippen LogP contribution in [0.1, 0.15) is 35.7 Å². The molecular weight excluding hydrogens is 395 g/mol. The van der Waals surface area contributed by atoms with Crippen LogP contribution in [0.25, 0.3) is 0 Å². The van der Waals surface area contributed by atoms with E-state index in [-0.39, 0.29) is 22.5 Å². The molecule has 3 rings (SSSR count). The summed E-state index contributed by atoms with van der Waals surface area (Å²) in [5, 5.41) is 2.92. The van der Waals surface area contributed by atoms with Crippen LogP contribution in [-0.4, -0.2) is 42.5 Å². The van der Waals surface area contributed by atoms with Crippen LogP contribution >= 0.6 is 11.6 Å². The number of benzene rings is 2. The second-order valence-electron chi connectivity index (χ2n) is 6.98. The molecular formula is C22H24ClFN2O3. The van der Waals surface area contributed by atoms with Crippen molar-refractivity contribution < 1.29 is 18.7 Å². The summed E-state index contributed by atoms with van der Waals surface area (Å²) in [6.45, 7) is 3.62. The van der Waals surface area contributed by atoms with Crippen LogP contribution in [0.15, 0.2) is 42.5 Å². The van der Waals surface area contributed by atoms with E-state index in [1.54, 1.807) is 4.90 Å². The SMILES string of the molecule is CCOc1ccc(CC(=O)N2CCC(NC(=O)c3c(F)cccc3Cl)CC2)cc1. The monoisotopic (exact) mass is 418 g/mol. The standard InChI is InChI=1S/C22H24ClFN2O3/c1-2-29-17-8-6-15(7-9-17)14-20(27)26-12-10-16(11-13-26)25-22(28)21-18(23)4-3-5-19(21)24/h3-9,16H,2,10-14H2,1H3,(H,25,28). The molecule has 154 valence electrons. The fourth-order valence-corrected chi connectivity index (χ4v) is 3.65. The molecule has 1 aliphatic rings. The van der Waals surface area contributed by atoms with Crippen molar-refractivity contribution in [2.24, 2.45) is 0 Å². The van der Waals surface area contributed by atoms with Crippen molar-refractivity contribution >= 4 is 23.4 Å². The third kappa shape index (κ3) is 5.48. The minimum Gasteiger partial charge on any atom is -0.494 e. The van der Waals surface area contributed by atoms with Crippen molar-refractivity contribution in [2.45, 2.75) is 32.2 Å². The van der Waals surface area contributed by atoms with E-state index in [0.717, 1.165) is 11.3 Å². The molecule has 2 aromatic rings. The summed E-state index contributed by atoms with van der Waals surface area (Å²) in [6, 6.07) is 11.6. The zero-order valence-electron chi connectivity index (χ0n) is 16.3. The van der Waals surface area contributed by atoms with Gasteiger partial charge in [-0.25, -0.2) is 4.39 Å². The van der Waals surface area contributed by atoms with E-state index in [9.17, 15) is 14.0 Å². The summed E-state index contributed by atoms with van der Waals surface area (Å²) >= 11 is 5.95. The van der Waals surface area contributed by atoms with Crippen molar-refractivity contribution in [2.75, 3.05) is 19.7 Å². The predicted molar refractivity (Wildman–Crippen MR) is 110 cm³/mol. The molecule has 0 saturated carbocycles. The second-order valence-corrected chi connectivity index (χ2v) is 7.39. The van der Waals surface area contributed by atoms with Gasteiger partial charge in [0.1, 0.15) is 11.6 Å². The minimum absolute atomic E-state index is 0.0519. The average molecular weight is 419 g/mol. The number of nitrogens with one attached hydrogen (secondary N) is 1. The number of piperidine rings is 1. The molecule has 1 fully saturated rings. The largest absolute Gasteiger partial charge is 0.494 e. The smallest absolute Gasteiger partial charge is 0.255 e. The molecule has 1 aliphatic heterocycles. The van der Waals surface area contributed by atoms with Gasteiger partial charge in [-0.15, -0.1) is 0 Å². The lowest BCUT2D eigenvalue weighted by Gasteiger charge is -2.32. The fourth-order valence-electron chi connectivity index (χ4n) is 3.40. The Bertz CT molecular complexity index is 845. The third-order valence-corrected chi connectivity index (χ3v) is 5.28. The fraction of sp³-hybridized carbons (Fsp3) is 0.364. The summed E-state index contributed by atoms with van der Waals surface area (Å²) in [5.74, 6) is -0.323. The topological polar surface area (TPSA) is 58.6 Å². The Kier molecular flexibility index (Phi) is 7.09. The number of likely N-dealkylation sites (tertiary alicyclic amines) is 1. The summed E-state index contributed by atoms with van der Waals surface area (Å²) in [5.41, 5.74) is 0.797. The van der Waals surface area contributed by atoms with Gasteiger partial charge >= 0.3 is 0 Å². The molecule has 0 spiro atoms. The number of halogens is 2. The van der Waals surface area contributed by atoms with Gasteiger partial charge in [-0.1, -0.05) is 29.8 Å². The van der Waals surface area contributed by atoms with E-state index in [2.05, 4.69) is 5.32 Å². The Balaban J connectivity index is 1.49. The van der Waals surface area contributed by atoms with Crippen molar-refractivity contribution in [3.8, 4) is 5.75 Å². The average Bonchev–Trinajstić information content (AvgIpc) is 2.70. The summed E-state index contributed by atoms with van der Waals surface area (Å²) in [6.07, 6.45) is 1.56. The molecule has 1 heterocycles. The number of rotatable bonds is 6. The molecule has 29 heavy (non-hydrogen) atoms. The lowest BCUT2D eigenvalue weighted by atomic mass is 10.0. The molecule has 0 bridgehead atoms. The first-order chi connectivity index (χ1) is 14.0. The number of amides is 2. The second kappa shape index (κ2) is 9.74. The maximum atomic E-state index is 13.9. The van der Waals surface area contributed by atoms with Gasteiger partial charge in [0.05, 0.1) is 23.6 Å². The predicted octanol–water partition coefficient (Wildman–Crippen LogP) is 3.84. The van der Waals surface area contributed by atoms with Crippen molar-refractivity contribution in [3.63, 3.8) is 0 Å². The van der Waals surface area contributed by atoms with E-state index in [4.69, 9.17) is 16.3 Å². The summed E-state index contributed by atoms with van der Waals surface area (Å²) in [4.78, 5) is 26.7. The van der Waals surface area contributed by atoms with Crippen LogP contribution in [-0.2, 0) is 11.2 Å². The normalized spacial score (nSPS) is 14.5. The number of carbonyl (C=O) groups is 2. The third-order valence-electron chi connectivity index (χ3n) is 4.96. The van der Waals surface area contributed by atoms with Crippen LogP contribution in [0, 0.1) is 5.82 Å². The van der Waals surface area contributed by atoms with Crippen LogP contribution < -0.4 is 10.1 Å². The molecule has 5 nitrogen and oxygen atoms in total. The number of hydrogen-bond donors (Lipinski definition) is 1. The molecule has 0 atom stereocenters. The van der Waals surface area contributed by atoms with Crippen LogP contribution in [0.3, 0.4) is 0 Å². The van der Waals surface area contributed by atoms with Gasteiger partial charge in [0, 0.05) is 19.1 Å². The van der Waals surface area contributed by atoms with Crippen molar-refractivity contribution in [1.29, 1.82) is 0 Å². The molecule has 7 heteroatoms. The molecule has 0 aliphatic carbocycles. The van der Waals surface area contributed by atoms with Gasteiger partial charge in [-0.2, -0.15) is 0 Å². The Hall–Kier alpha value is -2.60. The zero-order valence-corrected chi connectivity index (χ0v) is 17.0. The quantitative estimate of drug-likeness (QED) is 0.775. The first-order valence-corrected chi connectivity index (χ1v) is 10.1. The highest BCUT2D eigenvalue weighted by Crippen LogP contribution is 2.20. The zero-order chi connectivity index (χ0) is 20.8. The van der Waals surface area contributed by atoms with Gasteiger partial charge < -0.3 is 15.0 Å². The number of nitrogens with zero attached hydrogens (tertiary/aromatic N) is 1. The summed E-state index contributed by atoms with van der Waals surface area (Å²) < 4.78 is 19.3.